The number of carbonyl (C=O) groups excluding carboxylic acids is 2. The molecule has 1 spiro atoms. The third-order valence-corrected chi connectivity index (χ3v) is 6.20. The van der Waals surface area contributed by atoms with Crippen LogP contribution in [-0.4, -0.2) is 42.3 Å². The van der Waals surface area contributed by atoms with Gasteiger partial charge in [0.25, 0.3) is 0 Å². The molecule has 1 heterocycles. The van der Waals surface area contributed by atoms with Crippen molar-refractivity contribution in [1.29, 1.82) is 0 Å². The molecule has 0 aromatic rings. The summed E-state index contributed by atoms with van der Waals surface area (Å²) < 4.78 is 10.6. The maximum Gasteiger partial charge on any atom is 0.411 e. The fourth-order valence-corrected chi connectivity index (χ4v) is 4.81. The molecular weight excluding hydrogens is 294 g/mol. The van der Waals surface area contributed by atoms with Gasteiger partial charge >= 0.3 is 12.1 Å². The van der Waals surface area contributed by atoms with Crippen molar-refractivity contribution in [2.24, 2.45) is 23.2 Å². The van der Waals surface area contributed by atoms with Crippen molar-refractivity contribution in [1.82, 2.24) is 4.90 Å². The Morgan fingerprint density at radius 3 is 2.35 bits per heavy atom. The number of ether oxygens (including phenoxy) is 2. The molecule has 0 aromatic carbocycles. The Bertz CT molecular complexity index is 506. The topological polar surface area (TPSA) is 55.8 Å². The van der Waals surface area contributed by atoms with Gasteiger partial charge in [-0.1, -0.05) is 6.92 Å². The second-order valence-electron chi connectivity index (χ2n) is 8.63. The highest BCUT2D eigenvalue weighted by Gasteiger charge is 2.61. The van der Waals surface area contributed by atoms with Gasteiger partial charge in [-0.05, 0) is 69.6 Å². The molecule has 0 bridgehead atoms. The highest BCUT2D eigenvalue weighted by molar-refractivity contribution is 5.82. The molecule has 1 amide bonds. The molecule has 130 valence electrons. The number of hydrogen-bond donors (Lipinski definition) is 0. The minimum atomic E-state index is -0.561. The van der Waals surface area contributed by atoms with Crippen LogP contribution in [0, 0.1) is 23.2 Å². The molecule has 3 aliphatic rings. The summed E-state index contributed by atoms with van der Waals surface area (Å²) in [5, 5.41) is 0. The molecule has 0 radical (unpaired) electrons. The van der Waals surface area contributed by atoms with E-state index < -0.39 is 11.6 Å². The molecular formula is C18H29NO4. The van der Waals surface area contributed by atoms with E-state index >= 15 is 0 Å². The van der Waals surface area contributed by atoms with Crippen LogP contribution in [0.5, 0.6) is 0 Å². The van der Waals surface area contributed by atoms with E-state index in [1.54, 1.807) is 4.90 Å². The van der Waals surface area contributed by atoms with Crippen LogP contribution < -0.4 is 0 Å². The molecule has 2 saturated carbocycles. The van der Waals surface area contributed by atoms with Crippen LogP contribution in [0.4, 0.5) is 4.79 Å². The number of methoxy groups -OCH3 is 1. The summed E-state index contributed by atoms with van der Waals surface area (Å²) in [4.78, 5) is 26.7. The van der Waals surface area contributed by atoms with Crippen molar-refractivity contribution in [3.05, 3.63) is 0 Å². The molecule has 0 N–H and O–H groups in total. The summed E-state index contributed by atoms with van der Waals surface area (Å²) >= 11 is 0. The first-order chi connectivity index (χ1) is 10.7. The monoisotopic (exact) mass is 323 g/mol. The third-order valence-electron chi connectivity index (χ3n) is 6.20. The van der Waals surface area contributed by atoms with E-state index in [2.05, 4.69) is 6.92 Å². The van der Waals surface area contributed by atoms with Crippen LogP contribution in [0.2, 0.25) is 0 Å². The number of rotatable bonds is 1. The minimum Gasteiger partial charge on any atom is -0.467 e. The zero-order valence-corrected chi connectivity index (χ0v) is 14.9. The molecule has 3 fully saturated rings. The zero-order valence-electron chi connectivity index (χ0n) is 14.9. The van der Waals surface area contributed by atoms with Crippen LogP contribution in [-0.2, 0) is 14.3 Å². The molecule has 4 atom stereocenters. The minimum absolute atomic E-state index is 0.200. The molecule has 5 nitrogen and oxygen atoms in total. The lowest BCUT2D eigenvalue weighted by Crippen LogP contribution is -2.48. The third kappa shape index (κ3) is 2.83. The molecule has 3 rings (SSSR count). The van der Waals surface area contributed by atoms with E-state index in [1.807, 2.05) is 20.8 Å². The summed E-state index contributed by atoms with van der Waals surface area (Å²) in [7, 11) is 1.41. The smallest absolute Gasteiger partial charge is 0.411 e. The van der Waals surface area contributed by atoms with Crippen molar-refractivity contribution < 1.29 is 19.1 Å². The van der Waals surface area contributed by atoms with E-state index in [9.17, 15) is 9.59 Å². The van der Waals surface area contributed by atoms with Crippen molar-refractivity contribution in [3.8, 4) is 0 Å². The standard InChI is InChI=1S/C18H29NO4/c1-11-13-12(6-7-18(11)8-9-18)10-19(14(13)15(20)22-5)16(21)23-17(2,3)4/h11-14H,6-10H2,1-5H3/t11-,12-,13-,14-/m0/s1. The Kier molecular flexibility index (Phi) is 3.88. The van der Waals surface area contributed by atoms with Gasteiger partial charge in [0.05, 0.1) is 7.11 Å². The Labute approximate surface area is 138 Å². The maximum atomic E-state index is 12.6. The fraction of sp³-hybridized carbons (Fsp3) is 0.889. The van der Waals surface area contributed by atoms with Crippen molar-refractivity contribution in [3.63, 3.8) is 0 Å². The Morgan fingerprint density at radius 1 is 1.17 bits per heavy atom. The van der Waals surface area contributed by atoms with Gasteiger partial charge in [0.15, 0.2) is 0 Å². The van der Waals surface area contributed by atoms with E-state index in [4.69, 9.17) is 9.47 Å². The summed E-state index contributed by atoms with van der Waals surface area (Å²) in [6.07, 6.45) is 4.46. The summed E-state index contributed by atoms with van der Waals surface area (Å²) in [6, 6.07) is -0.493. The maximum absolute atomic E-state index is 12.6. The second kappa shape index (κ2) is 5.38. The predicted octanol–water partition coefficient (Wildman–Crippen LogP) is 3.22. The Hall–Kier alpha value is -1.26. The number of hydrogen-bond acceptors (Lipinski definition) is 4. The predicted molar refractivity (Wildman–Crippen MR) is 85.8 cm³/mol. The number of esters is 1. The quantitative estimate of drug-likeness (QED) is 0.695. The van der Waals surface area contributed by atoms with E-state index in [1.165, 1.54) is 26.4 Å². The second-order valence-corrected chi connectivity index (χ2v) is 8.63. The largest absolute Gasteiger partial charge is 0.467 e. The van der Waals surface area contributed by atoms with Gasteiger partial charge < -0.3 is 9.47 Å². The highest BCUT2D eigenvalue weighted by atomic mass is 16.6. The van der Waals surface area contributed by atoms with Gasteiger partial charge in [-0.2, -0.15) is 0 Å². The van der Waals surface area contributed by atoms with Crippen molar-refractivity contribution in [2.75, 3.05) is 13.7 Å². The highest BCUT2D eigenvalue weighted by Crippen LogP contribution is 2.64. The SMILES string of the molecule is COC(=O)[C@@H]1[C@@H]2[C@@H](CCC3(CC3)[C@H]2C)CN1C(=O)OC(C)(C)C. The van der Waals surface area contributed by atoms with Gasteiger partial charge in [0.2, 0.25) is 0 Å². The zero-order chi connectivity index (χ0) is 17.0. The molecule has 0 unspecified atom stereocenters. The van der Waals surface area contributed by atoms with Gasteiger partial charge in [-0.3, -0.25) is 4.90 Å². The van der Waals surface area contributed by atoms with Crippen LogP contribution >= 0.6 is 0 Å². The summed E-state index contributed by atoms with van der Waals surface area (Å²) in [5.74, 6) is 0.741. The van der Waals surface area contributed by atoms with Crippen LogP contribution in [0.3, 0.4) is 0 Å². The molecule has 0 aromatic heterocycles. The average Bonchev–Trinajstić information content (AvgIpc) is 3.12. The van der Waals surface area contributed by atoms with Crippen molar-refractivity contribution >= 4 is 12.1 Å². The van der Waals surface area contributed by atoms with Crippen LogP contribution in [0.25, 0.3) is 0 Å². The lowest BCUT2D eigenvalue weighted by Gasteiger charge is -2.40. The molecule has 5 heteroatoms. The molecule has 1 saturated heterocycles. The van der Waals surface area contributed by atoms with Crippen LogP contribution in [0.15, 0.2) is 0 Å². The number of carbonyl (C=O) groups is 2. The van der Waals surface area contributed by atoms with Crippen LogP contribution in [0.1, 0.15) is 53.4 Å². The average molecular weight is 323 g/mol. The van der Waals surface area contributed by atoms with Gasteiger partial charge in [-0.25, -0.2) is 9.59 Å². The molecule has 1 aliphatic heterocycles. The first-order valence-corrected chi connectivity index (χ1v) is 8.76. The summed E-state index contributed by atoms with van der Waals surface area (Å²) in [5.41, 5.74) is -0.147. The normalized spacial score (nSPS) is 34.9. The first-order valence-electron chi connectivity index (χ1n) is 8.76. The number of fused-ring (bicyclic) bond motifs is 1. The Morgan fingerprint density at radius 2 is 1.83 bits per heavy atom. The summed E-state index contributed by atoms with van der Waals surface area (Å²) in [6.45, 7) is 8.42. The van der Waals surface area contributed by atoms with Gasteiger partial charge in [-0.15, -0.1) is 0 Å². The lowest BCUT2D eigenvalue weighted by molar-refractivity contribution is -0.148. The van der Waals surface area contributed by atoms with Gasteiger partial charge in [0, 0.05) is 6.54 Å². The van der Waals surface area contributed by atoms with E-state index in [-0.39, 0.29) is 18.0 Å². The fourth-order valence-electron chi connectivity index (χ4n) is 4.81. The first kappa shape index (κ1) is 16.6. The molecule has 2 aliphatic carbocycles. The van der Waals surface area contributed by atoms with Crippen molar-refractivity contribution in [2.45, 2.75) is 65.0 Å². The molecule has 23 heavy (non-hydrogen) atoms. The number of likely N-dealkylation sites (tertiary alicyclic amines) is 1. The van der Waals surface area contributed by atoms with Gasteiger partial charge in [0.1, 0.15) is 11.6 Å². The number of nitrogens with zero attached hydrogens (tertiary/aromatic N) is 1. The lowest BCUT2D eigenvalue weighted by atomic mass is 9.64. The number of amides is 1. The van der Waals surface area contributed by atoms with E-state index in [0.29, 0.717) is 23.8 Å². The van der Waals surface area contributed by atoms with E-state index in [0.717, 1.165) is 6.42 Å². The Balaban J connectivity index is 1.86.